The molecule has 0 atom stereocenters. The number of nitrogens with zero attached hydrogens (tertiary/aromatic N) is 2. The molecule has 1 aromatic heterocycles. The molecule has 0 saturated carbocycles. The highest BCUT2D eigenvalue weighted by atomic mass is 15.3. The van der Waals surface area contributed by atoms with Gasteiger partial charge in [0.1, 0.15) is 0 Å². The minimum atomic E-state index is 0.955. The third-order valence-corrected chi connectivity index (χ3v) is 3.18. The van der Waals surface area contributed by atoms with Gasteiger partial charge in [-0.1, -0.05) is 32.0 Å². The van der Waals surface area contributed by atoms with Crippen LogP contribution in [0.25, 0.3) is 0 Å². The highest BCUT2D eigenvalue weighted by Gasteiger charge is 2.04. The Labute approximate surface area is 102 Å². The summed E-state index contributed by atoms with van der Waals surface area (Å²) < 4.78 is 0. The SMILES string of the molecule is CCc1ccc(CC)c(CCc2cn[nH]n2)c1. The van der Waals surface area contributed by atoms with Gasteiger partial charge in [0.2, 0.25) is 0 Å². The summed E-state index contributed by atoms with van der Waals surface area (Å²) in [6.07, 6.45) is 5.99. The Morgan fingerprint density at radius 1 is 1.06 bits per heavy atom. The first-order chi connectivity index (χ1) is 8.33. The maximum Gasteiger partial charge on any atom is 0.0828 e. The Hall–Kier alpha value is -1.64. The standard InChI is InChI=1S/C14H19N3/c1-3-11-5-6-12(4-2)13(9-11)7-8-14-10-15-17-16-14/h5-6,9-10H,3-4,7-8H2,1-2H3,(H,15,16,17). The molecule has 17 heavy (non-hydrogen) atoms. The Kier molecular flexibility index (Phi) is 3.91. The molecule has 90 valence electrons. The quantitative estimate of drug-likeness (QED) is 0.856. The average molecular weight is 229 g/mol. The maximum atomic E-state index is 4.09. The monoisotopic (exact) mass is 229 g/mol. The zero-order valence-electron chi connectivity index (χ0n) is 10.5. The Morgan fingerprint density at radius 3 is 2.59 bits per heavy atom. The fourth-order valence-electron chi connectivity index (χ4n) is 2.09. The number of aryl methyl sites for hydroxylation is 4. The maximum absolute atomic E-state index is 4.09. The number of hydrogen-bond donors (Lipinski definition) is 1. The van der Waals surface area contributed by atoms with E-state index in [4.69, 9.17) is 0 Å². The van der Waals surface area contributed by atoms with Crippen LogP contribution in [0.2, 0.25) is 0 Å². The molecule has 1 aromatic carbocycles. The zero-order chi connectivity index (χ0) is 12.1. The van der Waals surface area contributed by atoms with Crippen molar-refractivity contribution in [1.29, 1.82) is 0 Å². The highest BCUT2D eigenvalue weighted by molar-refractivity contribution is 5.32. The predicted molar refractivity (Wildman–Crippen MR) is 69.0 cm³/mol. The van der Waals surface area contributed by atoms with E-state index < -0.39 is 0 Å². The lowest BCUT2D eigenvalue weighted by molar-refractivity contribution is 0.860. The molecule has 1 heterocycles. The van der Waals surface area contributed by atoms with Crippen molar-refractivity contribution in [2.75, 3.05) is 0 Å². The van der Waals surface area contributed by atoms with Gasteiger partial charge < -0.3 is 0 Å². The van der Waals surface area contributed by atoms with Crippen LogP contribution >= 0.6 is 0 Å². The summed E-state index contributed by atoms with van der Waals surface area (Å²) in [6, 6.07) is 6.83. The van der Waals surface area contributed by atoms with Crippen LogP contribution in [0.15, 0.2) is 24.4 Å². The van der Waals surface area contributed by atoms with Crippen LogP contribution in [0.3, 0.4) is 0 Å². The normalized spacial score (nSPS) is 10.7. The second kappa shape index (κ2) is 5.62. The molecule has 1 N–H and O–H groups in total. The second-order valence-electron chi connectivity index (χ2n) is 4.27. The fourth-order valence-corrected chi connectivity index (χ4v) is 2.09. The van der Waals surface area contributed by atoms with E-state index in [2.05, 4.69) is 47.5 Å². The van der Waals surface area contributed by atoms with Crippen molar-refractivity contribution in [3.8, 4) is 0 Å². The summed E-state index contributed by atoms with van der Waals surface area (Å²) >= 11 is 0. The lowest BCUT2D eigenvalue weighted by atomic mass is 9.97. The summed E-state index contributed by atoms with van der Waals surface area (Å²) in [6.45, 7) is 4.41. The molecular weight excluding hydrogens is 210 g/mol. The number of aromatic amines is 1. The summed E-state index contributed by atoms with van der Waals surface area (Å²) in [5.74, 6) is 0. The molecule has 3 nitrogen and oxygen atoms in total. The van der Waals surface area contributed by atoms with Crippen LogP contribution in [-0.2, 0) is 25.7 Å². The van der Waals surface area contributed by atoms with Crippen LogP contribution in [0.1, 0.15) is 36.2 Å². The van der Waals surface area contributed by atoms with Crippen molar-refractivity contribution in [3.63, 3.8) is 0 Å². The van der Waals surface area contributed by atoms with E-state index in [0.717, 1.165) is 31.4 Å². The molecular formula is C14H19N3. The van der Waals surface area contributed by atoms with Gasteiger partial charge >= 0.3 is 0 Å². The van der Waals surface area contributed by atoms with Gasteiger partial charge in [-0.05, 0) is 42.4 Å². The Balaban J connectivity index is 2.12. The van der Waals surface area contributed by atoms with Crippen LogP contribution in [0.4, 0.5) is 0 Å². The van der Waals surface area contributed by atoms with Crippen molar-refractivity contribution in [2.45, 2.75) is 39.5 Å². The van der Waals surface area contributed by atoms with Gasteiger partial charge in [-0.25, -0.2) is 0 Å². The topological polar surface area (TPSA) is 41.6 Å². The van der Waals surface area contributed by atoms with Crippen molar-refractivity contribution in [2.24, 2.45) is 0 Å². The molecule has 0 saturated heterocycles. The molecule has 0 fully saturated rings. The molecule has 0 aliphatic heterocycles. The molecule has 0 aliphatic rings. The van der Waals surface area contributed by atoms with Crippen molar-refractivity contribution in [3.05, 3.63) is 46.8 Å². The van der Waals surface area contributed by atoms with Crippen molar-refractivity contribution in [1.82, 2.24) is 15.4 Å². The third kappa shape index (κ3) is 2.93. The summed E-state index contributed by atoms with van der Waals surface area (Å²) in [5.41, 5.74) is 5.35. The zero-order valence-corrected chi connectivity index (χ0v) is 10.5. The van der Waals surface area contributed by atoms with Crippen molar-refractivity contribution < 1.29 is 0 Å². The lowest BCUT2D eigenvalue weighted by Crippen LogP contribution is -1.98. The summed E-state index contributed by atoms with van der Waals surface area (Å²) in [5, 5.41) is 10.6. The van der Waals surface area contributed by atoms with Gasteiger partial charge in [-0.3, -0.25) is 0 Å². The molecule has 0 bridgehead atoms. The van der Waals surface area contributed by atoms with E-state index >= 15 is 0 Å². The van der Waals surface area contributed by atoms with Crippen LogP contribution in [0.5, 0.6) is 0 Å². The predicted octanol–water partition coefficient (Wildman–Crippen LogP) is 2.71. The third-order valence-electron chi connectivity index (χ3n) is 3.18. The number of H-pyrrole nitrogens is 1. The number of rotatable bonds is 5. The average Bonchev–Trinajstić information content (AvgIpc) is 2.89. The lowest BCUT2D eigenvalue weighted by Gasteiger charge is -2.09. The van der Waals surface area contributed by atoms with E-state index in [1.54, 1.807) is 6.20 Å². The van der Waals surface area contributed by atoms with Crippen molar-refractivity contribution >= 4 is 0 Å². The number of aromatic nitrogens is 3. The van der Waals surface area contributed by atoms with E-state index in [0.29, 0.717) is 0 Å². The van der Waals surface area contributed by atoms with E-state index in [-0.39, 0.29) is 0 Å². The number of benzene rings is 1. The van der Waals surface area contributed by atoms with Gasteiger partial charge in [0.05, 0.1) is 11.9 Å². The van der Waals surface area contributed by atoms with Crippen LogP contribution in [0, 0.1) is 0 Å². The molecule has 0 spiro atoms. The van der Waals surface area contributed by atoms with Gasteiger partial charge in [-0.15, -0.1) is 0 Å². The smallest absolute Gasteiger partial charge is 0.0828 e. The molecule has 0 radical (unpaired) electrons. The minimum absolute atomic E-state index is 0.955. The summed E-state index contributed by atoms with van der Waals surface area (Å²) in [7, 11) is 0. The first kappa shape index (κ1) is 11.8. The Morgan fingerprint density at radius 2 is 1.94 bits per heavy atom. The largest absolute Gasteiger partial charge is 0.198 e. The van der Waals surface area contributed by atoms with Gasteiger partial charge in [-0.2, -0.15) is 15.4 Å². The second-order valence-corrected chi connectivity index (χ2v) is 4.27. The minimum Gasteiger partial charge on any atom is -0.198 e. The Bertz CT molecular complexity index is 460. The number of hydrogen-bond acceptors (Lipinski definition) is 2. The van der Waals surface area contributed by atoms with Crippen LogP contribution < -0.4 is 0 Å². The first-order valence-corrected chi connectivity index (χ1v) is 6.28. The number of nitrogens with one attached hydrogen (secondary N) is 1. The molecule has 0 amide bonds. The fraction of sp³-hybridized carbons (Fsp3) is 0.429. The molecule has 2 rings (SSSR count). The molecule has 0 unspecified atom stereocenters. The highest BCUT2D eigenvalue weighted by Crippen LogP contribution is 2.15. The van der Waals surface area contributed by atoms with E-state index in [1.807, 2.05) is 0 Å². The van der Waals surface area contributed by atoms with Gasteiger partial charge in [0, 0.05) is 0 Å². The van der Waals surface area contributed by atoms with E-state index in [9.17, 15) is 0 Å². The van der Waals surface area contributed by atoms with Gasteiger partial charge in [0.25, 0.3) is 0 Å². The molecule has 3 heteroatoms. The summed E-state index contributed by atoms with van der Waals surface area (Å²) in [4.78, 5) is 0. The van der Waals surface area contributed by atoms with E-state index in [1.165, 1.54) is 16.7 Å². The first-order valence-electron chi connectivity index (χ1n) is 6.28. The van der Waals surface area contributed by atoms with Crippen LogP contribution in [-0.4, -0.2) is 15.4 Å². The molecule has 2 aromatic rings. The molecule has 0 aliphatic carbocycles. The van der Waals surface area contributed by atoms with Gasteiger partial charge in [0.15, 0.2) is 0 Å².